The minimum atomic E-state index is -0.408. The Kier molecular flexibility index (Phi) is 6.47. The second kappa shape index (κ2) is 9.62. The molecule has 5 nitrogen and oxygen atoms in total. The molecule has 6 heteroatoms. The minimum absolute atomic E-state index is 0.379. The fraction of sp³-hybridized carbons (Fsp3) is 0.115. The van der Waals surface area contributed by atoms with E-state index in [2.05, 4.69) is 0 Å². The highest BCUT2D eigenvalue weighted by atomic mass is 35.5. The molecule has 0 N–H and O–H groups in total. The van der Waals surface area contributed by atoms with Gasteiger partial charge in [0.1, 0.15) is 18.1 Å². The first-order valence-electron chi connectivity index (χ1n) is 9.91. The molecule has 3 aromatic carbocycles. The number of halogens is 1. The molecule has 0 saturated carbocycles. The van der Waals surface area contributed by atoms with E-state index in [9.17, 15) is 4.79 Å². The molecule has 0 aliphatic carbocycles. The summed E-state index contributed by atoms with van der Waals surface area (Å²) in [6.07, 6.45) is 3.49. The molecule has 0 bridgehead atoms. The van der Waals surface area contributed by atoms with E-state index in [1.165, 1.54) is 0 Å². The third-order valence-corrected chi connectivity index (χ3v) is 5.32. The number of hydrogen-bond donors (Lipinski definition) is 0. The number of rotatable bonds is 7. The highest BCUT2D eigenvalue weighted by molar-refractivity contribution is 6.31. The molecule has 0 radical (unpaired) electrons. The molecule has 4 rings (SSSR count). The first-order chi connectivity index (χ1) is 15.6. The Morgan fingerprint density at radius 3 is 2.41 bits per heavy atom. The van der Waals surface area contributed by atoms with E-state index in [0.29, 0.717) is 40.2 Å². The van der Waals surface area contributed by atoms with Crippen LogP contribution in [0.25, 0.3) is 11.8 Å². The number of cyclic esters (lactones) is 1. The van der Waals surface area contributed by atoms with Gasteiger partial charge in [-0.3, -0.25) is 0 Å². The van der Waals surface area contributed by atoms with Gasteiger partial charge in [-0.1, -0.05) is 41.9 Å². The van der Waals surface area contributed by atoms with Crippen molar-refractivity contribution in [3.8, 4) is 17.2 Å². The Hall–Kier alpha value is -3.70. The second-order valence-electron chi connectivity index (χ2n) is 7.02. The van der Waals surface area contributed by atoms with Gasteiger partial charge >= 0.3 is 5.97 Å². The van der Waals surface area contributed by atoms with Crippen molar-refractivity contribution >= 4 is 29.4 Å². The molecule has 32 heavy (non-hydrogen) atoms. The lowest BCUT2D eigenvalue weighted by Gasteiger charge is -2.09. The van der Waals surface area contributed by atoms with E-state index < -0.39 is 5.97 Å². The van der Waals surface area contributed by atoms with Gasteiger partial charge in [0, 0.05) is 16.1 Å². The van der Waals surface area contributed by atoms with Crippen LogP contribution in [0, 0.1) is 0 Å². The van der Waals surface area contributed by atoms with Crippen molar-refractivity contribution in [3.05, 3.63) is 100 Å². The highest BCUT2D eigenvalue weighted by Crippen LogP contribution is 2.34. The molecule has 0 amide bonds. The van der Waals surface area contributed by atoms with Crippen LogP contribution in [0.2, 0.25) is 5.02 Å². The van der Waals surface area contributed by atoms with Crippen molar-refractivity contribution in [1.29, 1.82) is 0 Å². The molecule has 0 aromatic heterocycles. The van der Waals surface area contributed by atoms with Crippen LogP contribution in [0.3, 0.4) is 0 Å². The summed E-state index contributed by atoms with van der Waals surface area (Å²) in [7, 11) is 3.13. The standard InChI is InChI=1S/C26H21ClO5/c1-29-23-12-9-18(14-25(23)30-2)24-15-20(26(28)32-24)13-17-7-10-21(11-8-17)31-16-19-5-3-4-6-22(19)27/h3-15H,16H2,1-2H3/b20-13+. The summed E-state index contributed by atoms with van der Waals surface area (Å²) >= 11 is 6.16. The summed E-state index contributed by atoms with van der Waals surface area (Å²) in [6, 6.07) is 20.4. The topological polar surface area (TPSA) is 54.0 Å². The van der Waals surface area contributed by atoms with Crippen LogP contribution in [0.1, 0.15) is 16.7 Å². The van der Waals surface area contributed by atoms with Crippen LogP contribution in [0.5, 0.6) is 17.2 Å². The smallest absolute Gasteiger partial charge is 0.343 e. The first-order valence-corrected chi connectivity index (χ1v) is 10.3. The summed E-state index contributed by atoms with van der Waals surface area (Å²) < 4.78 is 21.8. The van der Waals surface area contributed by atoms with Crippen LogP contribution in [-0.2, 0) is 16.1 Å². The van der Waals surface area contributed by atoms with Gasteiger partial charge in [-0.2, -0.15) is 0 Å². The SMILES string of the molecule is COc1ccc(C2=C/C(=C\c3ccc(OCc4ccccc4Cl)cc3)C(=O)O2)cc1OC. The van der Waals surface area contributed by atoms with Crippen molar-refractivity contribution in [1.82, 2.24) is 0 Å². The van der Waals surface area contributed by atoms with Crippen molar-refractivity contribution in [2.24, 2.45) is 0 Å². The maximum atomic E-state index is 12.4. The van der Waals surface area contributed by atoms with Gasteiger partial charge in [-0.05, 0) is 54.1 Å². The number of carbonyl (C=O) groups is 1. The summed E-state index contributed by atoms with van der Waals surface area (Å²) in [5.41, 5.74) is 2.95. The van der Waals surface area contributed by atoms with Crippen LogP contribution in [0.4, 0.5) is 0 Å². The van der Waals surface area contributed by atoms with Gasteiger partial charge in [0.2, 0.25) is 0 Å². The van der Waals surface area contributed by atoms with Crippen LogP contribution in [-0.4, -0.2) is 20.2 Å². The average Bonchev–Trinajstić information content (AvgIpc) is 3.19. The second-order valence-corrected chi connectivity index (χ2v) is 7.42. The Bertz CT molecular complexity index is 1200. The third-order valence-electron chi connectivity index (χ3n) is 4.95. The van der Waals surface area contributed by atoms with E-state index in [1.807, 2.05) is 54.6 Å². The van der Waals surface area contributed by atoms with Crippen LogP contribution < -0.4 is 14.2 Å². The Morgan fingerprint density at radius 1 is 0.938 bits per heavy atom. The number of carbonyl (C=O) groups excluding carboxylic acids is 1. The Balaban J connectivity index is 1.48. The van der Waals surface area contributed by atoms with E-state index in [0.717, 1.165) is 16.7 Å². The fourth-order valence-corrected chi connectivity index (χ4v) is 3.43. The van der Waals surface area contributed by atoms with Gasteiger partial charge in [0.15, 0.2) is 11.5 Å². The predicted octanol–water partition coefficient (Wildman–Crippen LogP) is 5.92. The molecule has 0 unspecified atom stereocenters. The molecular weight excluding hydrogens is 428 g/mol. The van der Waals surface area contributed by atoms with Gasteiger partial charge < -0.3 is 18.9 Å². The van der Waals surface area contributed by atoms with Crippen molar-refractivity contribution in [2.75, 3.05) is 14.2 Å². The summed E-state index contributed by atoms with van der Waals surface area (Å²) in [5.74, 6) is 1.93. The van der Waals surface area contributed by atoms with Gasteiger partial charge in [-0.15, -0.1) is 0 Å². The Labute approximate surface area is 191 Å². The van der Waals surface area contributed by atoms with E-state index in [-0.39, 0.29) is 0 Å². The number of hydrogen-bond acceptors (Lipinski definition) is 5. The zero-order valence-corrected chi connectivity index (χ0v) is 18.4. The molecular formula is C26H21ClO5. The average molecular weight is 449 g/mol. The van der Waals surface area contributed by atoms with Crippen molar-refractivity contribution in [3.63, 3.8) is 0 Å². The number of esters is 1. The van der Waals surface area contributed by atoms with Crippen molar-refractivity contribution in [2.45, 2.75) is 6.61 Å². The normalized spacial score (nSPS) is 14.2. The van der Waals surface area contributed by atoms with Crippen LogP contribution >= 0.6 is 11.6 Å². The molecule has 162 valence electrons. The number of ether oxygens (including phenoxy) is 4. The summed E-state index contributed by atoms with van der Waals surface area (Å²) in [6.45, 7) is 0.379. The summed E-state index contributed by atoms with van der Waals surface area (Å²) in [5, 5.41) is 0.672. The zero-order chi connectivity index (χ0) is 22.5. The maximum Gasteiger partial charge on any atom is 0.343 e. The Morgan fingerprint density at radius 2 is 1.69 bits per heavy atom. The predicted molar refractivity (Wildman–Crippen MR) is 124 cm³/mol. The molecule has 0 spiro atoms. The fourth-order valence-electron chi connectivity index (χ4n) is 3.24. The highest BCUT2D eigenvalue weighted by Gasteiger charge is 2.23. The monoisotopic (exact) mass is 448 g/mol. The molecule has 0 atom stereocenters. The van der Waals surface area contributed by atoms with E-state index in [4.69, 9.17) is 30.5 Å². The molecule has 3 aromatic rings. The maximum absolute atomic E-state index is 12.4. The van der Waals surface area contributed by atoms with E-state index >= 15 is 0 Å². The quantitative estimate of drug-likeness (QED) is 0.332. The van der Waals surface area contributed by atoms with Crippen LogP contribution in [0.15, 0.2) is 78.4 Å². The number of methoxy groups -OCH3 is 2. The lowest BCUT2D eigenvalue weighted by molar-refractivity contribution is -0.130. The largest absolute Gasteiger partial charge is 0.493 e. The van der Waals surface area contributed by atoms with E-state index in [1.54, 1.807) is 38.5 Å². The molecule has 1 aliphatic heterocycles. The lowest BCUT2D eigenvalue weighted by Crippen LogP contribution is -1.98. The minimum Gasteiger partial charge on any atom is -0.493 e. The first kappa shape index (κ1) is 21.5. The van der Waals surface area contributed by atoms with Crippen molar-refractivity contribution < 1.29 is 23.7 Å². The van der Waals surface area contributed by atoms with Gasteiger partial charge in [0.05, 0.1) is 19.8 Å². The third kappa shape index (κ3) is 4.79. The molecule has 1 aliphatic rings. The van der Waals surface area contributed by atoms with Gasteiger partial charge in [-0.25, -0.2) is 4.79 Å². The lowest BCUT2D eigenvalue weighted by atomic mass is 10.1. The zero-order valence-electron chi connectivity index (χ0n) is 17.6. The molecule has 1 heterocycles. The van der Waals surface area contributed by atoms with Gasteiger partial charge in [0.25, 0.3) is 0 Å². The molecule has 0 fully saturated rings. The number of benzene rings is 3. The summed E-state index contributed by atoms with van der Waals surface area (Å²) in [4.78, 5) is 12.4. The molecule has 0 saturated heterocycles.